The van der Waals surface area contributed by atoms with Crippen LogP contribution in [0.1, 0.15) is 5.56 Å². The van der Waals surface area contributed by atoms with Crippen LogP contribution in [0.5, 0.6) is 0 Å². The Labute approximate surface area is 102 Å². The van der Waals surface area contributed by atoms with Crippen LogP contribution >= 0.6 is 11.6 Å². The summed E-state index contributed by atoms with van der Waals surface area (Å²) in [6.45, 7) is 0. The van der Waals surface area contributed by atoms with E-state index in [1.54, 1.807) is 0 Å². The van der Waals surface area contributed by atoms with E-state index in [9.17, 15) is 8.78 Å². The molecule has 0 unspecified atom stereocenters. The molecule has 0 aromatic heterocycles. The van der Waals surface area contributed by atoms with E-state index in [-0.39, 0.29) is 21.7 Å². The molecule has 0 spiro atoms. The topological polar surface area (TPSA) is 23.8 Å². The van der Waals surface area contributed by atoms with E-state index in [4.69, 9.17) is 16.9 Å². The second-order valence-corrected chi connectivity index (χ2v) is 3.82. The summed E-state index contributed by atoms with van der Waals surface area (Å²) in [6, 6.07) is 9.97. The fraction of sp³-hybridized carbons (Fsp3) is 0. The van der Waals surface area contributed by atoms with Crippen LogP contribution in [0.2, 0.25) is 5.02 Å². The SMILES string of the molecule is N#Cc1ccc(F)c(-c2cccc(Cl)c2F)c1. The summed E-state index contributed by atoms with van der Waals surface area (Å²) in [5, 5.41) is 8.65. The van der Waals surface area contributed by atoms with Crippen LogP contribution in [0.15, 0.2) is 36.4 Å². The molecule has 0 aliphatic heterocycles. The van der Waals surface area contributed by atoms with E-state index in [1.807, 2.05) is 6.07 Å². The van der Waals surface area contributed by atoms with Crippen LogP contribution in [0.4, 0.5) is 8.78 Å². The minimum atomic E-state index is -0.692. The van der Waals surface area contributed by atoms with Crippen molar-refractivity contribution < 1.29 is 8.78 Å². The van der Waals surface area contributed by atoms with Crippen molar-refractivity contribution in [2.75, 3.05) is 0 Å². The zero-order valence-electron chi connectivity index (χ0n) is 8.55. The molecule has 2 aromatic rings. The highest BCUT2D eigenvalue weighted by Crippen LogP contribution is 2.29. The molecule has 0 saturated heterocycles. The zero-order valence-corrected chi connectivity index (χ0v) is 9.30. The Balaban J connectivity index is 2.68. The lowest BCUT2D eigenvalue weighted by Gasteiger charge is -2.06. The van der Waals surface area contributed by atoms with Crippen molar-refractivity contribution in [3.05, 3.63) is 58.6 Å². The van der Waals surface area contributed by atoms with Crippen LogP contribution < -0.4 is 0 Å². The molecule has 84 valence electrons. The van der Waals surface area contributed by atoms with Gasteiger partial charge in [0.2, 0.25) is 0 Å². The Morgan fingerprint density at radius 2 is 1.82 bits per heavy atom. The van der Waals surface area contributed by atoms with Crippen molar-refractivity contribution in [1.82, 2.24) is 0 Å². The molecule has 0 N–H and O–H groups in total. The third-order valence-electron chi connectivity index (χ3n) is 2.34. The molecule has 1 nitrogen and oxygen atoms in total. The van der Waals surface area contributed by atoms with Crippen molar-refractivity contribution in [3.8, 4) is 17.2 Å². The molecule has 17 heavy (non-hydrogen) atoms. The molecule has 0 aliphatic rings. The third-order valence-corrected chi connectivity index (χ3v) is 2.63. The molecule has 0 amide bonds. The minimum Gasteiger partial charge on any atom is -0.206 e. The van der Waals surface area contributed by atoms with Gasteiger partial charge >= 0.3 is 0 Å². The second-order valence-electron chi connectivity index (χ2n) is 3.41. The van der Waals surface area contributed by atoms with E-state index in [1.165, 1.54) is 30.3 Å². The maximum Gasteiger partial charge on any atom is 0.149 e. The summed E-state index contributed by atoms with van der Waals surface area (Å²) < 4.78 is 27.3. The quantitative estimate of drug-likeness (QED) is 0.745. The first kappa shape index (κ1) is 11.6. The number of hydrogen-bond donors (Lipinski definition) is 0. The molecule has 4 heteroatoms. The zero-order chi connectivity index (χ0) is 12.4. The van der Waals surface area contributed by atoms with Gasteiger partial charge in [0.1, 0.15) is 11.6 Å². The van der Waals surface area contributed by atoms with Gasteiger partial charge in [-0.2, -0.15) is 5.26 Å². The van der Waals surface area contributed by atoms with E-state index in [2.05, 4.69) is 0 Å². The lowest BCUT2D eigenvalue weighted by Crippen LogP contribution is -1.90. The van der Waals surface area contributed by atoms with Gasteiger partial charge in [-0.15, -0.1) is 0 Å². The first-order valence-corrected chi connectivity index (χ1v) is 5.15. The van der Waals surface area contributed by atoms with Gasteiger partial charge in [-0.25, -0.2) is 8.78 Å². The van der Waals surface area contributed by atoms with Gasteiger partial charge in [0.05, 0.1) is 16.7 Å². The molecule has 0 aliphatic carbocycles. The maximum absolute atomic E-state index is 13.7. The first-order chi connectivity index (χ1) is 8.13. The highest BCUT2D eigenvalue weighted by atomic mass is 35.5. The van der Waals surface area contributed by atoms with Gasteiger partial charge in [-0.1, -0.05) is 23.7 Å². The predicted molar refractivity (Wildman–Crippen MR) is 61.5 cm³/mol. The molecule has 0 saturated carbocycles. The minimum absolute atomic E-state index is 0.0315. The average molecular weight is 250 g/mol. The Hall–Kier alpha value is -1.92. The molecule has 0 atom stereocenters. The number of rotatable bonds is 1. The largest absolute Gasteiger partial charge is 0.206 e. The van der Waals surface area contributed by atoms with E-state index < -0.39 is 11.6 Å². The lowest BCUT2D eigenvalue weighted by atomic mass is 10.0. The summed E-state index contributed by atoms with van der Waals surface area (Å²) >= 11 is 5.63. The standard InChI is InChI=1S/C13H6ClF2N/c14-11-3-1-2-9(13(11)16)10-6-8(7-17)4-5-12(10)15/h1-6H. The van der Waals surface area contributed by atoms with Crippen molar-refractivity contribution >= 4 is 11.6 Å². The monoisotopic (exact) mass is 249 g/mol. The van der Waals surface area contributed by atoms with Crippen molar-refractivity contribution in [1.29, 1.82) is 5.26 Å². The molecular formula is C13H6ClF2N. The summed E-state index contributed by atoms with van der Waals surface area (Å²) in [5.74, 6) is -1.28. The Morgan fingerprint density at radius 3 is 2.53 bits per heavy atom. The molecule has 0 fully saturated rings. The summed E-state index contributed by atoms with van der Waals surface area (Å²) in [4.78, 5) is 0. The van der Waals surface area contributed by atoms with Crippen LogP contribution in [-0.4, -0.2) is 0 Å². The maximum atomic E-state index is 13.7. The van der Waals surface area contributed by atoms with Gasteiger partial charge < -0.3 is 0 Å². The van der Waals surface area contributed by atoms with Crippen LogP contribution in [0.25, 0.3) is 11.1 Å². The molecule has 0 radical (unpaired) electrons. The highest BCUT2D eigenvalue weighted by molar-refractivity contribution is 6.31. The fourth-order valence-electron chi connectivity index (χ4n) is 1.51. The molecule has 2 rings (SSSR count). The van der Waals surface area contributed by atoms with Crippen molar-refractivity contribution in [2.45, 2.75) is 0 Å². The van der Waals surface area contributed by atoms with Crippen LogP contribution in [0.3, 0.4) is 0 Å². The summed E-state index contributed by atoms with van der Waals surface area (Å²) in [5.41, 5.74) is 0.344. The van der Waals surface area contributed by atoms with Gasteiger partial charge in [0.25, 0.3) is 0 Å². The molecule has 2 aromatic carbocycles. The molecular weight excluding hydrogens is 244 g/mol. The summed E-state index contributed by atoms with van der Waals surface area (Å²) in [7, 11) is 0. The number of hydrogen-bond acceptors (Lipinski definition) is 1. The highest BCUT2D eigenvalue weighted by Gasteiger charge is 2.12. The van der Waals surface area contributed by atoms with Crippen molar-refractivity contribution in [3.63, 3.8) is 0 Å². The van der Waals surface area contributed by atoms with Gasteiger partial charge in [0.15, 0.2) is 0 Å². The lowest BCUT2D eigenvalue weighted by molar-refractivity contribution is 0.616. The molecule has 0 bridgehead atoms. The number of halogens is 3. The first-order valence-electron chi connectivity index (χ1n) is 4.77. The normalized spacial score (nSPS) is 10.0. The number of benzene rings is 2. The second kappa shape index (κ2) is 4.52. The number of nitrogens with zero attached hydrogens (tertiary/aromatic N) is 1. The van der Waals surface area contributed by atoms with E-state index >= 15 is 0 Å². The van der Waals surface area contributed by atoms with Gasteiger partial charge in [-0.3, -0.25) is 0 Å². The van der Waals surface area contributed by atoms with E-state index in [0.29, 0.717) is 0 Å². The van der Waals surface area contributed by atoms with Crippen molar-refractivity contribution in [2.24, 2.45) is 0 Å². The summed E-state index contributed by atoms with van der Waals surface area (Å²) in [6.07, 6.45) is 0. The Kier molecular flexibility index (Phi) is 3.08. The van der Waals surface area contributed by atoms with E-state index in [0.717, 1.165) is 6.07 Å². The third kappa shape index (κ3) is 2.13. The Bertz CT molecular complexity index is 617. The van der Waals surface area contributed by atoms with Crippen LogP contribution in [0, 0.1) is 23.0 Å². The Morgan fingerprint density at radius 1 is 1.06 bits per heavy atom. The van der Waals surface area contributed by atoms with Gasteiger partial charge in [-0.05, 0) is 24.3 Å². The molecule has 0 heterocycles. The average Bonchev–Trinajstić information content (AvgIpc) is 2.34. The number of nitriles is 1. The fourth-order valence-corrected chi connectivity index (χ4v) is 1.69. The van der Waals surface area contributed by atoms with Gasteiger partial charge in [0, 0.05) is 11.1 Å². The smallest absolute Gasteiger partial charge is 0.149 e. The predicted octanol–water partition coefficient (Wildman–Crippen LogP) is 4.16. The van der Waals surface area contributed by atoms with Crippen LogP contribution in [-0.2, 0) is 0 Å².